The molecule has 2 aromatic rings. The summed E-state index contributed by atoms with van der Waals surface area (Å²) in [6.07, 6.45) is -0.795. The third-order valence-corrected chi connectivity index (χ3v) is 7.89. The van der Waals surface area contributed by atoms with E-state index in [1.807, 2.05) is 0 Å². The molecule has 1 atom stereocenters. The van der Waals surface area contributed by atoms with Gasteiger partial charge in [0.15, 0.2) is 0 Å². The number of rotatable bonds is 5. The van der Waals surface area contributed by atoms with Gasteiger partial charge in [0.1, 0.15) is 11.6 Å². The van der Waals surface area contributed by atoms with Crippen molar-refractivity contribution in [2.75, 3.05) is 10.7 Å². The topological polar surface area (TPSA) is 87.7 Å². The fourth-order valence-electron chi connectivity index (χ4n) is 4.48. The largest absolute Gasteiger partial charge is 0.444 e. The number of nitrogens with one attached hydrogen (secondary N) is 2. The van der Waals surface area contributed by atoms with E-state index in [9.17, 15) is 23.2 Å². The number of ether oxygens (including phenoxy) is 1. The normalized spacial score (nSPS) is 19.6. The lowest BCUT2D eigenvalue weighted by Gasteiger charge is -2.29. The predicted molar refractivity (Wildman–Crippen MR) is 148 cm³/mol. The molecule has 210 valence electrons. The Morgan fingerprint density at radius 1 is 1.10 bits per heavy atom. The third-order valence-electron chi connectivity index (χ3n) is 6.48. The molecule has 1 aliphatic heterocycles. The van der Waals surface area contributed by atoms with Gasteiger partial charge in [-0.3, -0.25) is 9.59 Å². The Kier molecular flexibility index (Phi) is 8.75. The highest BCUT2D eigenvalue weighted by molar-refractivity contribution is 7.99. The molecule has 1 fully saturated rings. The van der Waals surface area contributed by atoms with Crippen LogP contribution in [0.1, 0.15) is 62.4 Å². The number of alkyl halides is 2. The van der Waals surface area contributed by atoms with Crippen molar-refractivity contribution >= 4 is 47.0 Å². The fraction of sp³-hybridized carbons (Fsp3) is 0.464. The lowest BCUT2D eigenvalue weighted by atomic mass is 9.92. The number of fused-ring (bicyclic) bond motifs is 1. The van der Waals surface area contributed by atoms with Gasteiger partial charge in [-0.2, -0.15) is 0 Å². The zero-order valence-electron chi connectivity index (χ0n) is 22.1. The van der Waals surface area contributed by atoms with Gasteiger partial charge < -0.3 is 20.3 Å². The Hall–Kier alpha value is -2.85. The highest BCUT2D eigenvalue weighted by Gasteiger charge is 2.36. The second-order valence-electron chi connectivity index (χ2n) is 10.8. The first kappa shape index (κ1) is 29.1. The molecular weight excluding hydrogens is 548 g/mol. The van der Waals surface area contributed by atoms with Crippen LogP contribution in [-0.4, -0.2) is 47.3 Å². The molecule has 0 spiro atoms. The summed E-state index contributed by atoms with van der Waals surface area (Å²) in [6, 6.07) is 10.9. The molecular formula is C28H32ClF2N3O4S. The van der Waals surface area contributed by atoms with Crippen molar-refractivity contribution in [1.82, 2.24) is 10.6 Å². The lowest BCUT2D eigenvalue weighted by molar-refractivity contribution is -0.120. The summed E-state index contributed by atoms with van der Waals surface area (Å²) in [7, 11) is 0. The van der Waals surface area contributed by atoms with Gasteiger partial charge in [0.25, 0.3) is 11.8 Å². The van der Waals surface area contributed by atoms with Crippen molar-refractivity contribution < 1.29 is 27.9 Å². The number of carbonyl (C=O) groups is 3. The van der Waals surface area contributed by atoms with Crippen LogP contribution >= 0.6 is 23.4 Å². The van der Waals surface area contributed by atoms with E-state index < -0.39 is 23.7 Å². The van der Waals surface area contributed by atoms with Crippen molar-refractivity contribution in [1.29, 1.82) is 0 Å². The molecule has 4 rings (SSSR count). The van der Waals surface area contributed by atoms with Crippen molar-refractivity contribution in [3.05, 3.63) is 58.6 Å². The van der Waals surface area contributed by atoms with Crippen LogP contribution in [0.25, 0.3) is 0 Å². The number of hydrogen-bond donors (Lipinski definition) is 2. The maximum atomic E-state index is 13.8. The zero-order valence-corrected chi connectivity index (χ0v) is 23.6. The quantitative estimate of drug-likeness (QED) is 0.442. The molecule has 7 nitrogen and oxygen atoms in total. The van der Waals surface area contributed by atoms with Crippen molar-refractivity contribution in [3.8, 4) is 0 Å². The van der Waals surface area contributed by atoms with Crippen LogP contribution in [0.3, 0.4) is 0 Å². The summed E-state index contributed by atoms with van der Waals surface area (Å²) in [5.41, 5.74) is 0.919. The van der Waals surface area contributed by atoms with E-state index >= 15 is 0 Å². The second kappa shape index (κ2) is 11.7. The van der Waals surface area contributed by atoms with Crippen LogP contribution < -0.4 is 15.5 Å². The van der Waals surface area contributed by atoms with E-state index in [4.69, 9.17) is 16.3 Å². The minimum Gasteiger partial charge on any atom is -0.444 e. The molecule has 0 unspecified atom stereocenters. The molecule has 0 aromatic heterocycles. The van der Waals surface area contributed by atoms with Crippen LogP contribution in [0.5, 0.6) is 0 Å². The first-order valence-electron chi connectivity index (χ1n) is 12.8. The number of halogens is 3. The second-order valence-corrected chi connectivity index (χ2v) is 12.3. The van der Waals surface area contributed by atoms with Crippen LogP contribution in [0.4, 0.5) is 19.3 Å². The average molecular weight is 580 g/mol. The van der Waals surface area contributed by atoms with Gasteiger partial charge in [0.2, 0.25) is 5.92 Å². The van der Waals surface area contributed by atoms with Crippen molar-refractivity contribution in [3.63, 3.8) is 0 Å². The van der Waals surface area contributed by atoms with E-state index in [2.05, 4.69) is 10.6 Å². The number of benzene rings is 2. The molecule has 2 aliphatic rings. The summed E-state index contributed by atoms with van der Waals surface area (Å²) in [5, 5.41) is 6.11. The number of thioether (sulfide) groups is 1. The number of alkyl carbamates (subject to hydrolysis) is 1. The maximum absolute atomic E-state index is 13.8. The molecule has 3 amide bonds. The van der Waals surface area contributed by atoms with Crippen LogP contribution in [-0.2, 0) is 16.1 Å². The van der Waals surface area contributed by atoms with Gasteiger partial charge in [-0.15, -0.1) is 11.8 Å². The fourth-order valence-corrected chi connectivity index (χ4v) is 5.66. The molecule has 0 bridgehead atoms. The Bertz CT molecular complexity index is 1230. The number of hydrogen-bond acceptors (Lipinski definition) is 5. The average Bonchev–Trinajstić information content (AvgIpc) is 2.97. The van der Waals surface area contributed by atoms with Gasteiger partial charge >= 0.3 is 6.09 Å². The minimum absolute atomic E-state index is 0.179. The summed E-state index contributed by atoms with van der Waals surface area (Å²) < 4.78 is 32.5. The Morgan fingerprint density at radius 2 is 1.77 bits per heavy atom. The Labute approximate surface area is 236 Å². The van der Waals surface area contributed by atoms with Gasteiger partial charge in [-0.25, -0.2) is 13.6 Å². The first-order valence-corrected chi connectivity index (χ1v) is 14.2. The highest BCUT2D eigenvalue weighted by Crippen LogP contribution is 2.37. The van der Waals surface area contributed by atoms with E-state index in [1.165, 1.54) is 11.8 Å². The van der Waals surface area contributed by atoms with Crippen molar-refractivity contribution in [2.45, 2.75) is 81.5 Å². The maximum Gasteiger partial charge on any atom is 0.408 e. The Balaban J connectivity index is 1.59. The van der Waals surface area contributed by atoms with E-state index in [-0.39, 0.29) is 55.8 Å². The van der Waals surface area contributed by atoms with Gasteiger partial charge in [0, 0.05) is 40.1 Å². The van der Waals surface area contributed by atoms with Gasteiger partial charge in [-0.1, -0.05) is 23.7 Å². The third kappa shape index (κ3) is 7.85. The summed E-state index contributed by atoms with van der Waals surface area (Å²) in [4.78, 5) is 41.7. The standard InChI is InChI=1S/C28H32ClF2N3O4S/c1-27(2,3)38-26(37)33-21-16-39-23-9-6-18(24(35)32-20-10-12-28(30,31)13-11-20)14-22(23)34(25(21)36)15-17-4-7-19(29)8-5-17/h4-9,14,20-21H,10-13,15-16H2,1-3H3,(H,32,35)(H,33,37)/t21-/m0/s1. The number of nitrogens with zero attached hydrogens (tertiary/aromatic N) is 1. The monoisotopic (exact) mass is 579 g/mol. The van der Waals surface area contributed by atoms with Crippen LogP contribution in [0.15, 0.2) is 47.4 Å². The number of anilines is 1. The Morgan fingerprint density at radius 3 is 2.41 bits per heavy atom. The molecule has 1 saturated carbocycles. The molecule has 0 saturated heterocycles. The minimum atomic E-state index is -2.69. The van der Waals surface area contributed by atoms with E-state index in [0.29, 0.717) is 16.3 Å². The summed E-state index contributed by atoms with van der Waals surface area (Å²) >= 11 is 7.43. The summed E-state index contributed by atoms with van der Waals surface area (Å²) in [5.74, 6) is -3.16. The molecule has 39 heavy (non-hydrogen) atoms. The molecule has 1 aliphatic carbocycles. The molecule has 11 heteroatoms. The van der Waals surface area contributed by atoms with E-state index in [1.54, 1.807) is 68.1 Å². The predicted octanol–water partition coefficient (Wildman–Crippen LogP) is 6.18. The lowest BCUT2D eigenvalue weighted by Crippen LogP contribution is -2.50. The summed E-state index contributed by atoms with van der Waals surface area (Å²) in [6.45, 7) is 5.40. The van der Waals surface area contributed by atoms with Crippen LogP contribution in [0.2, 0.25) is 5.02 Å². The number of amides is 3. The molecule has 2 N–H and O–H groups in total. The zero-order chi connectivity index (χ0) is 28.4. The number of carbonyl (C=O) groups excluding carboxylic acids is 3. The molecule has 1 heterocycles. The molecule has 0 radical (unpaired) electrons. The van der Waals surface area contributed by atoms with Gasteiger partial charge in [-0.05, 0) is 69.5 Å². The first-order chi connectivity index (χ1) is 18.3. The van der Waals surface area contributed by atoms with Crippen LogP contribution in [0, 0.1) is 0 Å². The smallest absolute Gasteiger partial charge is 0.408 e. The van der Waals surface area contributed by atoms with E-state index in [0.717, 1.165) is 10.5 Å². The SMILES string of the molecule is CC(C)(C)OC(=O)N[C@H]1CSc2ccc(C(=O)NC3CCC(F)(F)CC3)cc2N(Cc2ccc(Cl)cc2)C1=O. The van der Waals surface area contributed by atoms with Gasteiger partial charge in [0.05, 0.1) is 12.2 Å². The van der Waals surface area contributed by atoms with Crippen molar-refractivity contribution in [2.24, 2.45) is 0 Å². The highest BCUT2D eigenvalue weighted by atomic mass is 35.5. The molecule has 2 aromatic carbocycles.